The number of carbonyl (C=O) groups excluding carboxylic acids is 2. The van der Waals surface area contributed by atoms with Crippen molar-refractivity contribution in [3.8, 4) is 11.5 Å². The third-order valence-electron chi connectivity index (χ3n) is 6.60. The SMILES string of the molecule is O=C(CSc1nnc2sc3ccccc3n12)Nc1ccc(C(=O)Nc2cccc(Oc3ccnc4ccccc34)c2)cc1. The van der Waals surface area contributed by atoms with Crippen LogP contribution in [0.15, 0.2) is 114 Å². The molecular formula is C32H22N6O3S2. The highest BCUT2D eigenvalue weighted by atomic mass is 32.2. The van der Waals surface area contributed by atoms with Crippen LogP contribution in [0.2, 0.25) is 0 Å². The van der Waals surface area contributed by atoms with Gasteiger partial charge in [0.05, 0.1) is 21.5 Å². The zero-order valence-electron chi connectivity index (χ0n) is 22.4. The average Bonchev–Trinajstić information content (AvgIpc) is 3.60. The molecule has 0 bridgehead atoms. The highest BCUT2D eigenvalue weighted by Gasteiger charge is 2.15. The quantitative estimate of drug-likeness (QED) is 0.176. The van der Waals surface area contributed by atoms with Crippen LogP contribution in [0.1, 0.15) is 10.4 Å². The summed E-state index contributed by atoms with van der Waals surface area (Å²) in [6.45, 7) is 0. The van der Waals surface area contributed by atoms with Crippen molar-refractivity contribution in [1.29, 1.82) is 0 Å². The van der Waals surface area contributed by atoms with Crippen molar-refractivity contribution in [1.82, 2.24) is 19.6 Å². The zero-order valence-corrected chi connectivity index (χ0v) is 24.1. The summed E-state index contributed by atoms with van der Waals surface area (Å²) in [6, 6.07) is 31.5. The van der Waals surface area contributed by atoms with Crippen molar-refractivity contribution in [2.45, 2.75) is 5.16 Å². The van der Waals surface area contributed by atoms with Gasteiger partial charge >= 0.3 is 0 Å². The zero-order chi connectivity index (χ0) is 29.2. The summed E-state index contributed by atoms with van der Waals surface area (Å²) >= 11 is 2.88. The number of anilines is 2. The summed E-state index contributed by atoms with van der Waals surface area (Å²) in [7, 11) is 0. The van der Waals surface area contributed by atoms with Crippen LogP contribution in [-0.2, 0) is 4.79 Å². The van der Waals surface area contributed by atoms with Crippen LogP contribution < -0.4 is 15.4 Å². The van der Waals surface area contributed by atoms with Crippen molar-refractivity contribution in [2.75, 3.05) is 16.4 Å². The molecule has 9 nitrogen and oxygen atoms in total. The molecule has 7 aromatic rings. The number of hydrogen-bond acceptors (Lipinski definition) is 8. The molecule has 210 valence electrons. The van der Waals surface area contributed by atoms with Gasteiger partial charge in [-0.2, -0.15) is 0 Å². The molecule has 0 aliphatic rings. The molecule has 0 unspecified atom stereocenters. The topological polar surface area (TPSA) is 111 Å². The van der Waals surface area contributed by atoms with Crippen molar-refractivity contribution in [2.24, 2.45) is 0 Å². The second-order valence-electron chi connectivity index (χ2n) is 9.49. The Hall–Kier alpha value is -5.26. The molecule has 0 fully saturated rings. The van der Waals surface area contributed by atoms with Gasteiger partial charge in [0.15, 0.2) is 5.16 Å². The Morgan fingerprint density at radius 3 is 2.58 bits per heavy atom. The maximum atomic E-state index is 12.9. The number of aromatic nitrogens is 4. The first-order valence-corrected chi connectivity index (χ1v) is 15.1. The molecule has 4 aromatic carbocycles. The fraction of sp³-hybridized carbons (Fsp3) is 0.0312. The lowest BCUT2D eigenvalue weighted by molar-refractivity contribution is -0.113. The third-order valence-corrected chi connectivity index (χ3v) is 8.54. The van der Waals surface area contributed by atoms with E-state index in [0.717, 1.165) is 26.1 Å². The van der Waals surface area contributed by atoms with Gasteiger partial charge in [0.1, 0.15) is 11.5 Å². The van der Waals surface area contributed by atoms with E-state index in [1.165, 1.54) is 11.8 Å². The third kappa shape index (κ3) is 5.63. The molecule has 2 amide bonds. The van der Waals surface area contributed by atoms with Gasteiger partial charge in [0.2, 0.25) is 10.9 Å². The molecule has 43 heavy (non-hydrogen) atoms. The van der Waals surface area contributed by atoms with Crippen LogP contribution in [0.5, 0.6) is 11.5 Å². The molecule has 0 aliphatic carbocycles. The number of hydrogen-bond donors (Lipinski definition) is 2. The number of pyridine rings is 1. The van der Waals surface area contributed by atoms with Gasteiger partial charge in [-0.3, -0.25) is 19.0 Å². The average molecular weight is 603 g/mol. The van der Waals surface area contributed by atoms with Crippen LogP contribution in [0.4, 0.5) is 11.4 Å². The van der Waals surface area contributed by atoms with Crippen LogP contribution in [0, 0.1) is 0 Å². The maximum absolute atomic E-state index is 12.9. The van der Waals surface area contributed by atoms with Crippen LogP contribution in [0.25, 0.3) is 26.1 Å². The molecule has 0 saturated carbocycles. The van der Waals surface area contributed by atoms with Crippen molar-refractivity contribution < 1.29 is 14.3 Å². The fourth-order valence-electron chi connectivity index (χ4n) is 4.61. The van der Waals surface area contributed by atoms with Crippen molar-refractivity contribution >= 4 is 72.4 Å². The minimum atomic E-state index is -0.279. The normalized spacial score (nSPS) is 11.2. The second-order valence-corrected chi connectivity index (χ2v) is 11.4. The van der Waals surface area contributed by atoms with Gasteiger partial charge in [-0.1, -0.05) is 53.4 Å². The Labute approximate surface area is 253 Å². The van der Waals surface area contributed by atoms with E-state index in [9.17, 15) is 9.59 Å². The number of nitrogens with one attached hydrogen (secondary N) is 2. The van der Waals surface area contributed by atoms with Gasteiger partial charge < -0.3 is 15.4 Å². The summed E-state index contributed by atoms with van der Waals surface area (Å²) in [5, 5.41) is 15.8. The van der Waals surface area contributed by atoms with Crippen LogP contribution in [-0.4, -0.2) is 37.1 Å². The number of para-hydroxylation sites is 2. The van der Waals surface area contributed by atoms with E-state index in [4.69, 9.17) is 4.74 Å². The molecule has 0 atom stereocenters. The van der Waals surface area contributed by atoms with E-state index in [0.29, 0.717) is 33.6 Å². The van der Waals surface area contributed by atoms with E-state index >= 15 is 0 Å². The van der Waals surface area contributed by atoms with E-state index in [-0.39, 0.29) is 17.6 Å². The lowest BCUT2D eigenvalue weighted by Gasteiger charge is -2.11. The number of thioether (sulfide) groups is 1. The first-order valence-electron chi connectivity index (χ1n) is 13.3. The molecule has 7 rings (SSSR count). The summed E-state index contributed by atoms with van der Waals surface area (Å²) in [5.74, 6) is 0.973. The van der Waals surface area contributed by atoms with E-state index < -0.39 is 0 Å². The largest absolute Gasteiger partial charge is 0.457 e. The monoisotopic (exact) mass is 602 g/mol. The number of benzene rings is 4. The number of carbonyl (C=O) groups is 2. The number of rotatable bonds is 8. The Kier molecular flexibility index (Phi) is 7.15. The van der Waals surface area contributed by atoms with Crippen molar-refractivity contribution in [3.05, 3.63) is 115 Å². The van der Waals surface area contributed by atoms with Gasteiger partial charge in [-0.25, -0.2) is 0 Å². The number of thiazole rings is 1. The minimum absolute atomic E-state index is 0.168. The van der Waals surface area contributed by atoms with E-state index in [1.54, 1.807) is 53.9 Å². The molecule has 2 N–H and O–H groups in total. The molecular weight excluding hydrogens is 581 g/mol. The van der Waals surface area contributed by atoms with Gasteiger partial charge in [0.25, 0.3) is 5.91 Å². The molecule has 0 spiro atoms. The number of fused-ring (bicyclic) bond motifs is 4. The van der Waals surface area contributed by atoms with Crippen LogP contribution in [0.3, 0.4) is 0 Å². The first-order chi connectivity index (χ1) is 21.1. The standard InChI is InChI=1S/C32H22N6O3S2/c39-29(19-42-31-36-37-32-38(31)26-10-3-4-11-28(26)43-32)34-21-14-12-20(13-15-21)30(40)35-22-6-5-7-23(18-22)41-27-16-17-33-25-9-2-1-8-24(25)27/h1-18H,19H2,(H,34,39)(H,35,40). The lowest BCUT2D eigenvalue weighted by Crippen LogP contribution is -2.15. The molecule has 0 saturated heterocycles. The highest BCUT2D eigenvalue weighted by molar-refractivity contribution is 7.99. The van der Waals surface area contributed by atoms with E-state index in [2.05, 4.69) is 25.8 Å². The smallest absolute Gasteiger partial charge is 0.255 e. The second kappa shape index (κ2) is 11.6. The minimum Gasteiger partial charge on any atom is -0.457 e. The Morgan fingerprint density at radius 2 is 1.67 bits per heavy atom. The summed E-state index contributed by atoms with van der Waals surface area (Å²) in [6.07, 6.45) is 1.70. The predicted molar refractivity (Wildman–Crippen MR) is 170 cm³/mol. The molecule has 0 radical (unpaired) electrons. The fourth-order valence-corrected chi connectivity index (χ4v) is 6.37. The molecule has 11 heteroatoms. The Bertz CT molecular complexity index is 2120. The Balaban J connectivity index is 0.963. The van der Waals surface area contributed by atoms with Crippen LogP contribution >= 0.6 is 23.1 Å². The molecule has 3 heterocycles. The number of amides is 2. The molecule has 0 aliphatic heterocycles. The number of nitrogens with zero attached hydrogens (tertiary/aromatic N) is 4. The lowest BCUT2D eigenvalue weighted by atomic mass is 10.2. The first kappa shape index (κ1) is 26.6. The number of ether oxygens (including phenoxy) is 1. The van der Waals surface area contributed by atoms with Crippen molar-refractivity contribution in [3.63, 3.8) is 0 Å². The maximum Gasteiger partial charge on any atom is 0.255 e. The van der Waals surface area contributed by atoms with Gasteiger partial charge in [0, 0.05) is 34.6 Å². The summed E-state index contributed by atoms with van der Waals surface area (Å²) in [5.41, 5.74) is 3.50. The van der Waals surface area contributed by atoms with Gasteiger partial charge in [-0.05, 0) is 66.7 Å². The molecule has 3 aromatic heterocycles. The highest BCUT2D eigenvalue weighted by Crippen LogP contribution is 2.31. The summed E-state index contributed by atoms with van der Waals surface area (Å²) in [4.78, 5) is 30.8. The van der Waals surface area contributed by atoms with Gasteiger partial charge in [-0.15, -0.1) is 10.2 Å². The predicted octanol–water partition coefficient (Wildman–Crippen LogP) is 7.27. The Morgan fingerprint density at radius 1 is 0.837 bits per heavy atom. The summed E-state index contributed by atoms with van der Waals surface area (Å²) < 4.78 is 9.19. The van der Waals surface area contributed by atoms with E-state index in [1.807, 2.05) is 71.1 Å².